The van der Waals surface area contributed by atoms with Crippen LogP contribution in [0.2, 0.25) is 0 Å². The van der Waals surface area contributed by atoms with Crippen molar-refractivity contribution in [3.63, 3.8) is 0 Å². The second-order valence-electron chi connectivity index (χ2n) is 5.89. The summed E-state index contributed by atoms with van der Waals surface area (Å²) in [6.45, 7) is 7.09. The number of rotatable bonds is 4. The first-order valence-electron chi connectivity index (χ1n) is 7.23. The molecule has 4 nitrogen and oxygen atoms in total. The van der Waals surface area contributed by atoms with E-state index in [9.17, 15) is 4.79 Å². The molecule has 1 aliphatic heterocycles. The van der Waals surface area contributed by atoms with Crippen LogP contribution in [0, 0.1) is 5.92 Å². The molecule has 2 unspecified atom stereocenters. The number of amides is 1. The maximum atomic E-state index is 12.5. The summed E-state index contributed by atoms with van der Waals surface area (Å²) < 4.78 is 0. The average Bonchev–Trinajstić information content (AvgIpc) is 2.92. The van der Waals surface area contributed by atoms with Crippen molar-refractivity contribution in [3.8, 4) is 0 Å². The van der Waals surface area contributed by atoms with Gasteiger partial charge in [0.05, 0.1) is 0 Å². The second-order valence-corrected chi connectivity index (χ2v) is 6.87. The van der Waals surface area contributed by atoms with Crippen LogP contribution >= 0.6 is 11.3 Å². The first-order chi connectivity index (χ1) is 9.52. The van der Waals surface area contributed by atoms with E-state index < -0.39 is 0 Å². The fraction of sp³-hybridized carbons (Fsp3) is 0.667. The van der Waals surface area contributed by atoms with Gasteiger partial charge >= 0.3 is 0 Å². The molecule has 0 spiro atoms. The lowest BCUT2D eigenvalue weighted by molar-refractivity contribution is -0.136. The summed E-state index contributed by atoms with van der Waals surface area (Å²) >= 11 is 1.79. The van der Waals surface area contributed by atoms with E-state index in [1.54, 1.807) is 16.2 Å². The number of piperazine rings is 1. The van der Waals surface area contributed by atoms with Crippen molar-refractivity contribution in [3.05, 3.63) is 22.4 Å². The molecule has 2 atom stereocenters. The SMILES string of the molecule is CC(C)C(c1cccs1)N1CCNCC1C(=O)N(C)C. The van der Waals surface area contributed by atoms with Crippen LogP contribution in [0.5, 0.6) is 0 Å². The van der Waals surface area contributed by atoms with Crippen molar-refractivity contribution in [1.82, 2.24) is 15.1 Å². The molecule has 1 fully saturated rings. The van der Waals surface area contributed by atoms with Crippen molar-refractivity contribution in [2.45, 2.75) is 25.9 Å². The molecule has 112 valence electrons. The first kappa shape index (κ1) is 15.5. The molecular weight excluding hydrogens is 270 g/mol. The van der Waals surface area contributed by atoms with Crippen LogP contribution in [0.3, 0.4) is 0 Å². The molecule has 1 aromatic rings. The van der Waals surface area contributed by atoms with Gasteiger partial charge in [-0.1, -0.05) is 19.9 Å². The van der Waals surface area contributed by atoms with Crippen LogP contribution in [0.4, 0.5) is 0 Å². The van der Waals surface area contributed by atoms with Crippen molar-refractivity contribution in [2.24, 2.45) is 5.92 Å². The molecule has 0 radical (unpaired) electrons. The fourth-order valence-electron chi connectivity index (χ4n) is 2.91. The molecule has 2 heterocycles. The number of hydrogen-bond donors (Lipinski definition) is 1. The quantitative estimate of drug-likeness (QED) is 0.920. The number of thiophene rings is 1. The molecule has 0 aliphatic carbocycles. The molecule has 1 aromatic heterocycles. The van der Waals surface area contributed by atoms with Gasteiger partial charge in [-0.25, -0.2) is 0 Å². The van der Waals surface area contributed by atoms with E-state index >= 15 is 0 Å². The van der Waals surface area contributed by atoms with E-state index in [-0.39, 0.29) is 11.9 Å². The third-order valence-electron chi connectivity index (χ3n) is 3.83. The highest BCUT2D eigenvalue weighted by atomic mass is 32.1. The highest BCUT2D eigenvalue weighted by Gasteiger charge is 2.36. The minimum Gasteiger partial charge on any atom is -0.347 e. The first-order valence-corrected chi connectivity index (χ1v) is 8.11. The lowest BCUT2D eigenvalue weighted by Gasteiger charge is -2.42. The van der Waals surface area contributed by atoms with Crippen LogP contribution in [0.25, 0.3) is 0 Å². The van der Waals surface area contributed by atoms with Crippen molar-refractivity contribution in [1.29, 1.82) is 0 Å². The minimum absolute atomic E-state index is 0.0618. The molecule has 1 saturated heterocycles. The number of likely N-dealkylation sites (N-methyl/N-ethyl adjacent to an activating group) is 1. The van der Waals surface area contributed by atoms with Gasteiger partial charge in [0.1, 0.15) is 6.04 Å². The normalized spacial score (nSPS) is 21.9. The highest BCUT2D eigenvalue weighted by Crippen LogP contribution is 2.33. The second kappa shape index (κ2) is 6.70. The van der Waals surface area contributed by atoms with E-state index in [0.717, 1.165) is 19.6 Å². The Morgan fingerprint density at radius 2 is 2.25 bits per heavy atom. The standard InChI is InChI=1S/C15H25N3OS/c1-11(2)14(13-6-5-9-20-13)18-8-7-16-10-12(18)15(19)17(3)4/h5-6,9,11-12,14,16H,7-8,10H2,1-4H3. The molecule has 0 bridgehead atoms. The lowest BCUT2D eigenvalue weighted by atomic mass is 9.97. The number of nitrogens with zero attached hydrogens (tertiary/aromatic N) is 2. The van der Waals surface area contributed by atoms with Crippen LogP contribution in [-0.4, -0.2) is 55.5 Å². The van der Waals surface area contributed by atoms with Crippen molar-refractivity contribution in [2.75, 3.05) is 33.7 Å². The van der Waals surface area contributed by atoms with E-state index in [4.69, 9.17) is 0 Å². The summed E-state index contributed by atoms with van der Waals surface area (Å²) in [4.78, 5) is 17.9. The molecule has 1 N–H and O–H groups in total. The fourth-order valence-corrected chi connectivity index (χ4v) is 3.93. The van der Waals surface area contributed by atoms with Gasteiger partial charge in [-0.2, -0.15) is 0 Å². The van der Waals surface area contributed by atoms with E-state index in [1.807, 2.05) is 14.1 Å². The Bertz CT molecular complexity index is 430. The Balaban J connectivity index is 2.27. The number of carbonyl (C=O) groups excluding carboxylic acids is 1. The molecular formula is C15H25N3OS. The number of carbonyl (C=O) groups is 1. The smallest absolute Gasteiger partial charge is 0.240 e. The summed E-state index contributed by atoms with van der Waals surface area (Å²) in [5, 5.41) is 5.47. The van der Waals surface area contributed by atoms with E-state index in [1.165, 1.54) is 4.88 Å². The Morgan fingerprint density at radius 1 is 1.50 bits per heavy atom. The van der Waals surface area contributed by atoms with Gasteiger partial charge in [0.25, 0.3) is 0 Å². The third-order valence-corrected chi connectivity index (χ3v) is 4.78. The minimum atomic E-state index is -0.0618. The monoisotopic (exact) mass is 295 g/mol. The molecule has 1 aliphatic rings. The highest BCUT2D eigenvalue weighted by molar-refractivity contribution is 7.10. The maximum Gasteiger partial charge on any atom is 0.240 e. The molecule has 2 rings (SSSR count). The van der Waals surface area contributed by atoms with Gasteiger partial charge in [-0.15, -0.1) is 11.3 Å². The molecule has 0 saturated carbocycles. The van der Waals surface area contributed by atoms with Crippen molar-refractivity contribution >= 4 is 17.2 Å². The summed E-state index contributed by atoms with van der Waals surface area (Å²) in [5.41, 5.74) is 0. The van der Waals surface area contributed by atoms with E-state index in [0.29, 0.717) is 12.0 Å². The van der Waals surface area contributed by atoms with Crippen LogP contribution in [0.1, 0.15) is 24.8 Å². The number of hydrogen-bond acceptors (Lipinski definition) is 4. The summed E-state index contributed by atoms with van der Waals surface area (Å²) in [5.74, 6) is 0.684. The van der Waals surface area contributed by atoms with Crippen LogP contribution < -0.4 is 5.32 Å². The summed E-state index contributed by atoms with van der Waals surface area (Å²) in [6.07, 6.45) is 0. The zero-order chi connectivity index (χ0) is 14.7. The Morgan fingerprint density at radius 3 is 2.80 bits per heavy atom. The van der Waals surface area contributed by atoms with Gasteiger partial charge in [0.2, 0.25) is 5.91 Å². The molecule has 20 heavy (non-hydrogen) atoms. The molecule has 5 heteroatoms. The molecule has 0 aromatic carbocycles. The third kappa shape index (κ3) is 3.22. The van der Waals surface area contributed by atoms with Crippen molar-refractivity contribution < 1.29 is 4.79 Å². The van der Waals surface area contributed by atoms with Gasteiger partial charge in [-0.3, -0.25) is 9.69 Å². The predicted molar refractivity (Wildman–Crippen MR) is 84.0 cm³/mol. The van der Waals surface area contributed by atoms with Crippen LogP contribution in [0.15, 0.2) is 17.5 Å². The predicted octanol–water partition coefficient (Wildman–Crippen LogP) is 1.81. The summed E-state index contributed by atoms with van der Waals surface area (Å²) in [6, 6.07) is 4.55. The van der Waals surface area contributed by atoms with Gasteiger partial charge in [0, 0.05) is 44.6 Å². The Kier molecular flexibility index (Phi) is 5.18. The number of nitrogens with one attached hydrogen (secondary N) is 1. The zero-order valence-electron chi connectivity index (χ0n) is 12.8. The topological polar surface area (TPSA) is 35.6 Å². The van der Waals surface area contributed by atoms with Gasteiger partial charge < -0.3 is 10.2 Å². The average molecular weight is 295 g/mol. The Labute approximate surface area is 125 Å². The lowest BCUT2D eigenvalue weighted by Crippen LogP contribution is -2.58. The Hall–Kier alpha value is -0.910. The molecule has 1 amide bonds. The van der Waals surface area contributed by atoms with Crippen LogP contribution in [-0.2, 0) is 4.79 Å². The van der Waals surface area contributed by atoms with Gasteiger partial charge in [-0.05, 0) is 17.4 Å². The van der Waals surface area contributed by atoms with Gasteiger partial charge in [0.15, 0.2) is 0 Å². The zero-order valence-corrected chi connectivity index (χ0v) is 13.6. The largest absolute Gasteiger partial charge is 0.347 e. The van der Waals surface area contributed by atoms with E-state index in [2.05, 4.69) is 41.6 Å². The summed E-state index contributed by atoms with van der Waals surface area (Å²) in [7, 11) is 3.68. The maximum absolute atomic E-state index is 12.5.